The molecule has 0 saturated carbocycles. The highest BCUT2D eigenvalue weighted by molar-refractivity contribution is 8.45. The molecule has 1 aliphatic rings. The first-order valence-electron chi connectivity index (χ1n) is 6.66. The lowest BCUT2D eigenvalue weighted by Gasteiger charge is -2.12. The highest BCUT2D eigenvalue weighted by atomic mass is 35.5. The average Bonchev–Trinajstić information content (AvgIpc) is 2.83. The lowest BCUT2D eigenvalue weighted by molar-refractivity contribution is -0.132. The molecular formula is C15H14ClNO4S2. The zero-order valence-corrected chi connectivity index (χ0v) is 15.1. The van der Waals surface area contributed by atoms with Crippen LogP contribution >= 0.6 is 35.1 Å². The van der Waals surface area contributed by atoms with E-state index in [4.69, 9.17) is 21.1 Å². The molecule has 0 aliphatic carbocycles. The quantitative estimate of drug-likeness (QED) is 0.453. The van der Waals surface area contributed by atoms with Crippen LogP contribution in [0.25, 0.3) is 6.08 Å². The molecule has 0 fully saturated rings. The molecule has 0 unspecified atom stereocenters. The number of rotatable bonds is 4. The minimum absolute atomic E-state index is 0.118. The predicted molar refractivity (Wildman–Crippen MR) is 95.5 cm³/mol. The molecule has 23 heavy (non-hydrogen) atoms. The van der Waals surface area contributed by atoms with Crippen molar-refractivity contribution in [3.8, 4) is 11.5 Å². The number of carbonyl (C=O) groups excluding carboxylic acids is 2. The minimum atomic E-state index is -0.490. The number of halogens is 1. The van der Waals surface area contributed by atoms with Crippen molar-refractivity contribution >= 4 is 56.7 Å². The second-order valence-corrected chi connectivity index (χ2v) is 6.78. The van der Waals surface area contributed by atoms with E-state index >= 15 is 0 Å². The van der Waals surface area contributed by atoms with Crippen LogP contribution in [0.2, 0.25) is 5.02 Å². The summed E-state index contributed by atoms with van der Waals surface area (Å²) >= 11 is 8.69. The molecule has 5 nitrogen and oxygen atoms in total. The molecule has 0 saturated heterocycles. The molecule has 0 radical (unpaired) electrons. The molecule has 0 amide bonds. The Balaban J connectivity index is 2.43. The second kappa shape index (κ2) is 7.90. The van der Waals surface area contributed by atoms with E-state index in [9.17, 15) is 9.59 Å². The van der Waals surface area contributed by atoms with Gasteiger partial charge in [-0.05, 0) is 48.7 Å². The van der Waals surface area contributed by atoms with Crippen molar-refractivity contribution < 1.29 is 19.1 Å². The Kier molecular flexibility index (Phi) is 6.15. The van der Waals surface area contributed by atoms with Crippen molar-refractivity contribution in [1.29, 1.82) is 0 Å². The summed E-state index contributed by atoms with van der Waals surface area (Å²) in [5.74, 6) is 0.0216. The maximum atomic E-state index is 11.9. The lowest BCUT2D eigenvalue weighted by atomic mass is 10.1. The Hall–Kier alpha value is -1.44. The van der Waals surface area contributed by atoms with Crippen LogP contribution in [0.4, 0.5) is 0 Å². The SMILES string of the molecule is CCOc1cc(/C=C2/N=C(SC)SC2=O)cc(Cl)c1OC(C)=O. The first kappa shape index (κ1) is 17.9. The van der Waals surface area contributed by atoms with Crippen LogP contribution in [0.5, 0.6) is 11.5 Å². The molecule has 0 N–H and O–H groups in total. The van der Waals surface area contributed by atoms with Gasteiger partial charge in [0, 0.05) is 6.92 Å². The average molecular weight is 372 g/mol. The minimum Gasteiger partial charge on any atom is -0.490 e. The molecule has 0 spiro atoms. The molecular weight excluding hydrogens is 358 g/mol. The van der Waals surface area contributed by atoms with E-state index in [2.05, 4.69) is 4.99 Å². The monoisotopic (exact) mass is 371 g/mol. The smallest absolute Gasteiger partial charge is 0.308 e. The molecule has 8 heteroatoms. The Morgan fingerprint density at radius 3 is 2.78 bits per heavy atom. The van der Waals surface area contributed by atoms with E-state index in [1.54, 1.807) is 18.2 Å². The van der Waals surface area contributed by atoms with Crippen molar-refractivity contribution in [3.05, 3.63) is 28.4 Å². The normalized spacial score (nSPS) is 15.7. The third-order valence-corrected chi connectivity index (χ3v) is 4.79. The van der Waals surface area contributed by atoms with Crippen LogP contribution in [0.1, 0.15) is 19.4 Å². The Labute approximate surface area is 147 Å². The van der Waals surface area contributed by atoms with Gasteiger partial charge in [0.15, 0.2) is 11.5 Å². The molecule has 0 aromatic heterocycles. The van der Waals surface area contributed by atoms with Crippen LogP contribution in [-0.4, -0.2) is 28.3 Å². The van der Waals surface area contributed by atoms with Crippen LogP contribution in [0.3, 0.4) is 0 Å². The summed E-state index contributed by atoms with van der Waals surface area (Å²) in [4.78, 5) is 27.3. The summed E-state index contributed by atoms with van der Waals surface area (Å²) in [5.41, 5.74) is 0.988. The number of carbonyl (C=O) groups is 2. The van der Waals surface area contributed by atoms with E-state index in [0.29, 0.717) is 28.0 Å². The fraction of sp³-hybridized carbons (Fsp3) is 0.267. The van der Waals surface area contributed by atoms with Crippen LogP contribution in [0.15, 0.2) is 22.8 Å². The van der Waals surface area contributed by atoms with Crippen molar-refractivity contribution in [2.45, 2.75) is 13.8 Å². The zero-order chi connectivity index (χ0) is 17.0. The van der Waals surface area contributed by atoms with Gasteiger partial charge in [0.05, 0.1) is 11.6 Å². The summed E-state index contributed by atoms with van der Waals surface area (Å²) in [6.45, 7) is 3.48. The highest BCUT2D eigenvalue weighted by Crippen LogP contribution is 2.38. The van der Waals surface area contributed by atoms with Gasteiger partial charge in [-0.2, -0.15) is 0 Å². The van der Waals surface area contributed by atoms with Gasteiger partial charge in [0.1, 0.15) is 10.1 Å². The Morgan fingerprint density at radius 2 is 2.22 bits per heavy atom. The summed E-state index contributed by atoms with van der Waals surface area (Å²) < 4.78 is 11.3. The van der Waals surface area contributed by atoms with Crippen molar-refractivity contribution in [2.75, 3.05) is 12.9 Å². The molecule has 0 bridgehead atoms. The van der Waals surface area contributed by atoms with Crippen molar-refractivity contribution in [2.24, 2.45) is 4.99 Å². The van der Waals surface area contributed by atoms with Gasteiger partial charge in [0.2, 0.25) is 5.12 Å². The second-order valence-electron chi connectivity index (χ2n) is 4.36. The number of benzene rings is 1. The zero-order valence-electron chi connectivity index (χ0n) is 12.7. The standard InChI is InChI=1S/C15H14ClNO4S2/c1-4-20-12-7-9(5-10(16)13(12)21-8(2)18)6-11-14(19)23-15(17-11)22-3/h5-7H,4H2,1-3H3/b11-6+. The maximum absolute atomic E-state index is 11.9. The van der Waals surface area contributed by atoms with E-state index in [-0.39, 0.29) is 15.9 Å². The number of ether oxygens (including phenoxy) is 2. The van der Waals surface area contributed by atoms with Crippen LogP contribution in [-0.2, 0) is 9.59 Å². The van der Waals surface area contributed by atoms with Gasteiger partial charge in [-0.15, -0.1) is 11.8 Å². The van der Waals surface area contributed by atoms with Gasteiger partial charge >= 0.3 is 5.97 Å². The van der Waals surface area contributed by atoms with E-state index in [1.807, 2.05) is 13.2 Å². The third kappa shape index (κ3) is 4.53. The summed E-state index contributed by atoms with van der Waals surface area (Å²) in [7, 11) is 0. The number of aliphatic imine (C=N–C) groups is 1. The topological polar surface area (TPSA) is 65.0 Å². The molecule has 0 atom stereocenters. The number of esters is 1. The first-order valence-corrected chi connectivity index (χ1v) is 9.07. The molecule has 2 rings (SSSR count). The van der Waals surface area contributed by atoms with E-state index in [1.165, 1.54) is 18.7 Å². The number of hydrogen-bond acceptors (Lipinski definition) is 7. The van der Waals surface area contributed by atoms with E-state index < -0.39 is 5.97 Å². The van der Waals surface area contributed by atoms with Crippen molar-refractivity contribution in [3.63, 3.8) is 0 Å². The van der Waals surface area contributed by atoms with E-state index in [0.717, 1.165) is 11.8 Å². The summed E-state index contributed by atoms with van der Waals surface area (Å²) in [6, 6.07) is 3.26. The number of nitrogens with zero attached hydrogens (tertiary/aromatic N) is 1. The number of thioether (sulfide) groups is 2. The van der Waals surface area contributed by atoms with Crippen molar-refractivity contribution in [1.82, 2.24) is 0 Å². The fourth-order valence-corrected chi connectivity index (χ4v) is 3.33. The molecule has 1 aromatic rings. The van der Waals surface area contributed by atoms with Gasteiger partial charge in [0.25, 0.3) is 0 Å². The Morgan fingerprint density at radius 1 is 1.48 bits per heavy atom. The summed E-state index contributed by atoms with van der Waals surface area (Å²) in [6.07, 6.45) is 3.49. The summed E-state index contributed by atoms with van der Waals surface area (Å²) in [5, 5.41) is 0.109. The third-order valence-electron chi connectivity index (χ3n) is 2.66. The molecule has 1 heterocycles. The maximum Gasteiger partial charge on any atom is 0.308 e. The van der Waals surface area contributed by atoms with Gasteiger partial charge < -0.3 is 9.47 Å². The predicted octanol–water partition coefficient (Wildman–Crippen LogP) is 4.00. The molecule has 122 valence electrons. The van der Waals surface area contributed by atoms with Gasteiger partial charge in [-0.1, -0.05) is 11.6 Å². The molecule has 1 aromatic carbocycles. The largest absolute Gasteiger partial charge is 0.490 e. The van der Waals surface area contributed by atoms with Gasteiger partial charge in [-0.3, -0.25) is 9.59 Å². The van der Waals surface area contributed by atoms with Crippen LogP contribution < -0.4 is 9.47 Å². The first-order chi connectivity index (χ1) is 10.9. The van der Waals surface area contributed by atoms with Gasteiger partial charge in [-0.25, -0.2) is 4.99 Å². The Bertz CT molecular complexity index is 716. The highest BCUT2D eigenvalue weighted by Gasteiger charge is 2.22. The van der Waals surface area contributed by atoms with Crippen LogP contribution in [0, 0.1) is 0 Å². The molecule has 1 aliphatic heterocycles. The lowest BCUT2D eigenvalue weighted by Crippen LogP contribution is -2.05. The fourth-order valence-electron chi connectivity index (χ4n) is 1.81. The number of hydrogen-bond donors (Lipinski definition) is 0.